The van der Waals surface area contributed by atoms with Gasteiger partial charge in [-0.05, 0) is 84.0 Å². The SMILES string of the molecule is Nc1c2nc(c(-c3ccncc3)c3ccc([nH]3)c(N)c3nc(c(-c4ccncc4)c4ccc1[nH]4)C=C3)C=C2. The van der Waals surface area contributed by atoms with E-state index in [4.69, 9.17) is 21.4 Å². The maximum Gasteiger partial charge on any atom is 0.0888 e. The number of anilines is 2. The lowest BCUT2D eigenvalue weighted by Crippen LogP contribution is -1.92. The molecule has 2 aliphatic rings. The quantitative estimate of drug-likeness (QED) is 0.235. The molecule has 5 aromatic rings. The summed E-state index contributed by atoms with van der Waals surface area (Å²) in [6, 6.07) is 15.8. The highest BCUT2D eigenvalue weighted by Gasteiger charge is 2.15. The van der Waals surface area contributed by atoms with Crippen LogP contribution in [0.4, 0.5) is 11.4 Å². The van der Waals surface area contributed by atoms with Gasteiger partial charge in [0.05, 0.1) is 45.2 Å². The number of aromatic nitrogens is 6. The molecule has 0 saturated carbocycles. The number of nitrogens with zero attached hydrogens (tertiary/aromatic N) is 4. The van der Waals surface area contributed by atoms with Crippen LogP contribution in [0.25, 0.3) is 68.6 Å². The zero-order valence-corrected chi connectivity index (χ0v) is 20.2. The minimum absolute atomic E-state index is 0.554. The van der Waals surface area contributed by atoms with Crippen molar-refractivity contribution < 1.29 is 0 Å². The van der Waals surface area contributed by atoms with Gasteiger partial charge in [0, 0.05) is 46.9 Å². The highest BCUT2D eigenvalue weighted by molar-refractivity contribution is 5.97. The Morgan fingerprint density at radius 2 is 0.816 bits per heavy atom. The van der Waals surface area contributed by atoms with Crippen LogP contribution in [-0.2, 0) is 0 Å². The first-order valence-corrected chi connectivity index (χ1v) is 12.1. The normalized spacial score (nSPS) is 12.2. The lowest BCUT2D eigenvalue weighted by Gasteiger charge is -2.04. The van der Waals surface area contributed by atoms with Crippen molar-refractivity contribution in [1.82, 2.24) is 29.9 Å². The Hall–Kier alpha value is -5.50. The second-order valence-electron chi connectivity index (χ2n) is 9.05. The van der Waals surface area contributed by atoms with E-state index in [1.807, 2.05) is 72.8 Å². The molecular weight excluding hydrogens is 472 g/mol. The first-order valence-electron chi connectivity index (χ1n) is 12.1. The molecule has 0 atom stereocenters. The maximum absolute atomic E-state index is 6.65. The first-order chi connectivity index (χ1) is 18.7. The van der Waals surface area contributed by atoms with E-state index in [0.717, 1.165) is 55.7 Å². The minimum Gasteiger partial charge on any atom is -0.395 e. The zero-order chi connectivity index (χ0) is 25.6. The predicted octanol–water partition coefficient (Wildman–Crippen LogP) is 5.94. The number of nitrogen functional groups attached to an aromatic ring is 2. The number of hydrogen-bond acceptors (Lipinski definition) is 6. The van der Waals surface area contributed by atoms with Crippen molar-refractivity contribution >= 4 is 57.7 Å². The Labute approximate surface area is 217 Å². The topological polar surface area (TPSA) is 135 Å². The summed E-state index contributed by atoms with van der Waals surface area (Å²) >= 11 is 0. The van der Waals surface area contributed by atoms with Gasteiger partial charge < -0.3 is 21.4 Å². The molecular formula is C30H22N8. The van der Waals surface area contributed by atoms with Crippen molar-refractivity contribution in [2.75, 3.05) is 11.5 Å². The molecule has 0 saturated heterocycles. The van der Waals surface area contributed by atoms with Crippen LogP contribution in [0.15, 0.2) is 73.3 Å². The van der Waals surface area contributed by atoms with E-state index in [0.29, 0.717) is 22.8 Å². The van der Waals surface area contributed by atoms with Gasteiger partial charge in [-0.15, -0.1) is 0 Å². The Balaban J connectivity index is 1.64. The Kier molecular flexibility index (Phi) is 4.90. The molecule has 0 spiro atoms. The molecule has 8 nitrogen and oxygen atoms in total. The molecule has 6 N–H and O–H groups in total. The van der Waals surface area contributed by atoms with E-state index in [-0.39, 0.29) is 0 Å². The number of nitrogens with two attached hydrogens (primary N) is 2. The molecule has 182 valence electrons. The predicted molar refractivity (Wildman–Crippen MR) is 154 cm³/mol. The van der Waals surface area contributed by atoms with Gasteiger partial charge in [-0.3, -0.25) is 9.97 Å². The summed E-state index contributed by atoms with van der Waals surface area (Å²) in [6.45, 7) is 0. The molecule has 5 aromatic heterocycles. The molecule has 7 rings (SSSR count). The molecule has 2 aliphatic heterocycles. The average molecular weight is 495 g/mol. The largest absolute Gasteiger partial charge is 0.395 e. The summed E-state index contributed by atoms with van der Waals surface area (Å²) in [7, 11) is 0. The van der Waals surface area contributed by atoms with Crippen LogP contribution in [0, 0.1) is 0 Å². The van der Waals surface area contributed by atoms with Crippen LogP contribution in [0.1, 0.15) is 22.8 Å². The third-order valence-electron chi connectivity index (χ3n) is 6.77. The van der Waals surface area contributed by atoms with Crippen LogP contribution in [-0.4, -0.2) is 29.9 Å². The van der Waals surface area contributed by atoms with Gasteiger partial charge in [0.2, 0.25) is 0 Å². The molecule has 7 heterocycles. The van der Waals surface area contributed by atoms with Gasteiger partial charge in [0.1, 0.15) is 0 Å². The van der Waals surface area contributed by atoms with E-state index in [1.165, 1.54) is 0 Å². The highest BCUT2D eigenvalue weighted by atomic mass is 14.8. The van der Waals surface area contributed by atoms with Crippen LogP contribution in [0.5, 0.6) is 0 Å². The van der Waals surface area contributed by atoms with Crippen molar-refractivity contribution in [2.45, 2.75) is 0 Å². The Morgan fingerprint density at radius 3 is 1.24 bits per heavy atom. The molecule has 8 bridgehead atoms. The van der Waals surface area contributed by atoms with E-state index in [2.05, 4.69) is 19.9 Å². The average Bonchev–Trinajstić information content (AvgIpc) is 3.77. The van der Waals surface area contributed by atoms with Gasteiger partial charge in [-0.2, -0.15) is 0 Å². The van der Waals surface area contributed by atoms with E-state index in [9.17, 15) is 0 Å². The fraction of sp³-hybridized carbons (Fsp3) is 0. The molecule has 38 heavy (non-hydrogen) atoms. The van der Waals surface area contributed by atoms with Crippen LogP contribution < -0.4 is 11.5 Å². The second-order valence-corrected chi connectivity index (χ2v) is 9.05. The van der Waals surface area contributed by atoms with Crippen molar-refractivity contribution in [2.24, 2.45) is 0 Å². The summed E-state index contributed by atoms with van der Waals surface area (Å²) in [4.78, 5) is 25.2. The number of nitrogens with one attached hydrogen (secondary N) is 2. The third-order valence-corrected chi connectivity index (χ3v) is 6.77. The zero-order valence-electron chi connectivity index (χ0n) is 20.2. The lowest BCUT2D eigenvalue weighted by molar-refractivity contribution is 1.30. The van der Waals surface area contributed by atoms with Crippen molar-refractivity contribution in [3.63, 3.8) is 0 Å². The van der Waals surface area contributed by atoms with Crippen molar-refractivity contribution in [1.29, 1.82) is 0 Å². The number of aromatic amines is 2. The smallest absolute Gasteiger partial charge is 0.0888 e. The molecule has 0 amide bonds. The number of pyridine rings is 2. The van der Waals surface area contributed by atoms with Crippen LogP contribution in [0.3, 0.4) is 0 Å². The molecule has 0 aliphatic carbocycles. The van der Waals surface area contributed by atoms with Gasteiger partial charge in [0.25, 0.3) is 0 Å². The van der Waals surface area contributed by atoms with Crippen LogP contribution in [0.2, 0.25) is 0 Å². The highest BCUT2D eigenvalue weighted by Crippen LogP contribution is 2.34. The summed E-state index contributed by atoms with van der Waals surface area (Å²) in [6.07, 6.45) is 14.9. The van der Waals surface area contributed by atoms with E-state index >= 15 is 0 Å². The number of hydrogen-bond donors (Lipinski definition) is 4. The molecule has 0 aromatic carbocycles. The minimum atomic E-state index is 0.554. The second kappa shape index (κ2) is 8.56. The summed E-state index contributed by atoms with van der Waals surface area (Å²) < 4.78 is 0. The summed E-state index contributed by atoms with van der Waals surface area (Å²) in [5, 5.41) is 0. The molecule has 8 heteroatoms. The van der Waals surface area contributed by atoms with Gasteiger partial charge in [-0.1, -0.05) is 0 Å². The standard InChI is InChI=1S/C30H22N8/c31-29-23-5-1-19(35-23)27(17-9-13-33-14-10-17)20-2-6-25(36-20)30(32)26-8-4-22(38-26)28(18-11-15-34-16-12-18)21-3-7-24(29)37-21/h1-16,35,38H,31-32H2. The Morgan fingerprint density at radius 1 is 0.447 bits per heavy atom. The lowest BCUT2D eigenvalue weighted by atomic mass is 10.1. The molecule has 0 radical (unpaired) electrons. The summed E-state index contributed by atoms with van der Waals surface area (Å²) in [5.74, 6) is 0. The fourth-order valence-corrected chi connectivity index (χ4v) is 4.89. The molecule has 0 unspecified atom stereocenters. The maximum atomic E-state index is 6.65. The van der Waals surface area contributed by atoms with Crippen molar-refractivity contribution in [3.05, 3.63) is 96.1 Å². The van der Waals surface area contributed by atoms with Gasteiger partial charge >= 0.3 is 0 Å². The third kappa shape index (κ3) is 3.55. The summed E-state index contributed by atoms with van der Waals surface area (Å²) in [5.41, 5.74) is 24.5. The first kappa shape index (κ1) is 21.8. The fourth-order valence-electron chi connectivity index (χ4n) is 4.89. The Bertz CT molecular complexity index is 1790. The van der Waals surface area contributed by atoms with Gasteiger partial charge in [0.15, 0.2) is 0 Å². The number of H-pyrrole nitrogens is 2. The van der Waals surface area contributed by atoms with Gasteiger partial charge in [-0.25, -0.2) is 9.97 Å². The van der Waals surface area contributed by atoms with Crippen molar-refractivity contribution in [3.8, 4) is 22.3 Å². The van der Waals surface area contributed by atoms with Crippen LogP contribution >= 0.6 is 0 Å². The van der Waals surface area contributed by atoms with E-state index < -0.39 is 0 Å². The number of fused-ring (bicyclic) bond motifs is 8. The monoisotopic (exact) mass is 494 g/mol. The molecule has 0 fully saturated rings. The number of rotatable bonds is 2. The van der Waals surface area contributed by atoms with E-state index in [1.54, 1.807) is 24.8 Å².